The lowest BCUT2D eigenvalue weighted by Gasteiger charge is -2.04. The molecule has 1 N–H and O–H groups in total. The molecule has 0 spiro atoms. The van der Waals surface area contributed by atoms with Crippen molar-refractivity contribution in [3.05, 3.63) is 30.0 Å². The summed E-state index contributed by atoms with van der Waals surface area (Å²) in [7, 11) is 0. The number of carbonyl (C=O) groups excluding carboxylic acids is 1. The molecule has 0 radical (unpaired) electrons. The summed E-state index contributed by atoms with van der Waals surface area (Å²) in [5, 5.41) is 1.25. The number of ketones is 1. The number of carbonyl (C=O) groups is 1. The van der Waals surface area contributed by atoms with Crippen molar-refractivity contribution in [1.29, 1.82) is 0 Å². The van der Waals surface area contributed by atoms with Crippen LogP contribution in [0.2, 0.25) is 0 Å². The van der Waals surface area contributed by atoms with Crippen LogP contribution in [0, 0.1) is 0 Å². The summed E-state index contributed by atoms with van der Waals surface area (Å²) in [6, 6.07) is 5.76. The molecule has 0 amide bonds. The number of ether oxygens (including phenoxy) is 1. The standard InChI is InChI=1S/C13H14BrNO2/c1-2-5-17-9-3-4-12-10(6-9)11(8-15-12)13(16)7-14/h3-4,6,8,15H,2,5,7H2,1H3. The number of aromatic nitrogens is 1. The predicted molar refractivity (Wildman–Crippen MR) is 72.2 cm³/mol. The third-order valence-electron chi connectivity index (χ3n) is 2.55. The number of benzene rings is 1. The average molecular weight is 296 g/mol. The van der Waals surface area contributed by atoms with Crippen LogP contribution in [0.1, 0.15) is 23.7 Å². The number of alkyl halides is 1. The number of hydrogen-bond acceptors (Lipinski definition) is 2. The van der Waals surface area contributed by atoms with E-state index < -0.39 is 0 Å². The van der Waals surface area contributed by atoms with Crippen LogP contribution in [0.3, 0.4) is 0 Å². The molecule has 0 aliphatic heterocycles. The summed E-state index contributed by atoms with van der Waals surface area (Å²) >= 11 is 3.19. The molecule has 0 aliphatic rings. The molecule has 1 heterocycles. The summed E-state index contributed by atoms with van der Waals surface area (Å²) in [6.07, 6.45) is 2.72. The van der Waals surface area contributed by atoms with E-state index in [-0.39, 0.29) is 5.78 Å². The van der Waals surface area contributed by atoms with Gasteiger partial charge in [0.15, 0.2) is 5.78 Å². The van der Waals surface area contributed by atoms with Crippen molar-refractivity contribution < 1.29 is 9.53 Å². The van der Waals surface area contributed by atoms with Gasteiger partial charge in [-0.25, -0.2) is 0 Å². The van der Waals surface area contributed by atoms with Gasteiger partial charge in [-0.1, -0.05) is 22.9 Å². The van der Waals surface area contributed by atoms with E-state index in [0.29, 0.717) is 17.5 Å². The van der Waals surface area contributed by atoms with E-state index in [2.05, 4.69) is 27.8 Å². The van der Waals surface area contributed by atoms with Gasteiger partial charge >= 0.3 is 0 Å². The van der Waals surface area contributed by atoms with Crippen LogP contribution in [0.25, 0.3) is 10.9 Å². The minimum atomic E-state index is 0.0730. The summed E-state index contributed by atoms with van der Waals surface area (Å²) in [4.78, 5) is 14.8. The lowest BCUT2D eigenvalue weighted by Crippen LogP contribution is -1.98. The second kappa shape index (κ2) is 5.36. The number of fused-ring (bicyclic) bond motifs is 1. The highest BCUT2D eigenvalue weighted by Gasteiger charge is 2.11. The molecule has 0 aliphatic carbocycles. The molecular weight excluding hydrogens is 282 g/mol. The highest BCUT2D eigenvalue weighted by atomic mass is 79.9. The van der Waals surface area contributed by atoms with Gasteiger partial charge in [0.2, 0.25) is 0 Å². The maximum Gasteiger partial charge on any atom is 0.175 e. The van der Waals surface area contributed by atoms with Crippen LogP contribution < -0.4 is 4.74 Å². The molecule has 2 rings (SSSR count). The second-order valence-electron chi connectivity index (χ2n) is 3.82. The number of halogens is 1. The third-order valence-corrected chi connectivity index (χ3v) is 3.06. The first-order valence-electron chi connectivity index (χ1n) is 5.59. The van der Waals surface area contributed by atoms with Gasteiger partial charge in [0.1, 0.15) is 5.75 Å². The Morgan fingerprint density at radius 2 is 2.29 bits per heavy atom. The Labute approximate surface area is 108 Å². The monoisotopic (exact) mass is 295 g/mol. The molecule has 0 saturated heterocycles. The summed E-state index contributed by atoms with van der Waals surface area (Å²) < 4.78 is 5.56. The number of hydrogen-bond donors (Lipinski definition) is 1. The van der Waals surface area contributed by atoms with Crippen LogP contribution in [0.5, 0.6) is 5.75 Å². The fourth-order valence-electron chi connectivity index (χ4n) is 1.71. The molecule has 0 bridgehead atoms. The molecule has 4 heteroatoms. The number of Topliss-reactive ketones (excluding diaryl/α,β-unsaturated/α-hetero) is 1. The fraction of sp³-hybridized carbons (Fsp3) is 0.308. The van der Waals surface area contributed by atoms with Crippen molar-refractivity contribution in [1.82, 2.24) is 4.98 Å². The number of rotatable bonds is 5. The second-order valence-corrected chi connectivity index (χ2v) is 4.38. The van der Waals surface area contributed by atoms with E-state index >= 15 is 0 Å². The zero-order chi connectivity index (χ0) is 12.3. The van der Waals surface area contributed by atoms with Gasteiger partial charge in [-0.15, -0.1) is 0 Å². The van der Waals surface area contributed by atoms with E-state index in [1.54, 1.807) is 6.20 Å². The quantitative estimate of drug-likeness (QED) is 0.677. The normalized spacial score (nSPS) is 10.7. The first kappa shape index (κ1) is 12.2. The third kappa shape index (κ3) is 2.52. The van der Waals surface area contributed by atoms with Crippen molar-refractivity contribution in [2.24, 2.45) is 0 Å². The van der Waals surface area contributed by atoms with E-state index in [4.69, 9.17) is 4.74 Å². The number of aromatic amines is 1. The topological polar surface area (TPSA) is 42.1 Å². The molecule has 0 saturated carbocycles. The molecule has 0 unspecified atom stereocenters. The van der Waals surface area contributed by atoms with Gasteiger partial charge in [-0.3, -0.25) is 4.79 Å². The van der Waals surface area contributed by atoms with E-state index in [9.17, 15) is 4.79 Å². The molecule has 17 heavy (non-hydrogen) atoms. The molecule has 3 nitrogen and oxygen atoms in total. The highest BCUT2D eigenvalue weighted by molar-refractivity contribution is 9.09. The van der Waals surface area contributed by atoms with Crippen molar-refractivity contribution >= 4 is 32.6 Å². The zero-order valence-electron chi connectivity index (χ0n) is 9.63. The SMILES string of the molecule is CCCOc1ccc2[nH]cc(C(=O)CBr)c2c1. The predicted octanol–water partition coefficient (Wildman–Crippen LogP) is 3.53. The van der Waals surface area contributed by atoms with Crippen molar-refractivity contribution in [2.75, 3.05) is 11.9 Å². The van der Waals surface area contributed by atoms with Crippen molar-refractivity contribution in [2.45, 2.75) is 13.3 Å². The van der Waals surface area contributed by atoms with Crippen molar-refractivity contribution in [3.63, 3.8) is 0 Å². The summed E-state index contributed by atoms with van der Waals surface area (Å²) in [5.41, 5.74) is 1.66. The van der Waals surface area contributed by atoms with Gasteiger partial charge in [0.05, 0.1) is 11.9 Å². The van der Waals surface area contributed by atoms with Gasteiger partial charge < -0.3 is 9.72 Å². The Kier molecular flexibility index (Phi) is 3.84. The summed E-state index contributed by atoms with van der Waals surface area (Å²) in [6.45, 7) is 2.76. The van der Waals surface area contributed by atoms with Crippen LogP contribution in [-0.4, -0.2) is 22.7 Å². The minimum Gasteiger partial charge on any atom is -0.494 e. The minimum absolute atomic E-state index is 0.0730. The van der Waals surface area contributed by atoms with Crippen LogP contribution >= 0.6 is 15.9 Å². The maximum absolute atomic E-state index is 11.7. The van der Waals surface area contributed by atoms with E-state index in [1.165, 1.54) is 0 Å². The van der Waals surface area contributed by atoms with Crippen LogP contribution in [0.4, 0.5) is 0 Å². The van der Waals surface area contributed by atoms with Gasteiger partial charge in [-0.2, -0.15) is 0 Å². The van der Waals surface area contributed by atoms with Crippen LogP contribution in [0.15, 0.2) is 24.4 Å². The Balaban J connectivity index is 2.39. The largest absolute Gasteiger partial charge is 0.494 e. The summed E-state index contributed by atoms with van der Waals surface area (Å²) in [5.74, 6) is 0.881. The van der Waals surface area contributed by atoms with E-state index in [0.717, 1.165) is 23.1 Å². The van der Waals surface area contributed by atoms with Gasteiger partial charge in [0, 0.05) is 22.7 Å². The molecule has 90 valence electrons. The Morgan fingerprint density at radius 1 is 1.47 bits per heavy atom. The number of nitrogens with one attached hydrogen (secondary N) is 1. The molecular formula is C13H14BrNO2. The molecule has 1 aromatic carbocycles. The fourth-order valence-corrected chi connectivity index (χ4v) is 2.01. The molecule has 2 aromatic rings. The Bertz CT molecular complexity index is 533. The maximum atomic E-state index is 11.7. The molecule has 0 fully saturated rings. The molecule has 1 aromatic heterocycles. The zero-order valence-corrected chi connectivity index (χ0v) is 11.2. The first-order chi connectivity index (χ1) is 8.26. The first-order valence-corrected chi connectivity index (χ1v) is 6.71. The van der Waals surface area contributed by atoms with E-state index in [1.807, 2.05) is 18.2 Å². The molecule has 0 atom stereocenters. The Hall–Kier alpha value is -1.29. The Morgan fingerprint density at radius 3 is 3.00 bits per heavy atom. The lowest BCUT2D eigenvalue weighted by atomic mass is 10.1. The highest BCUT2D eigenvalue weighted by Crippen LogP contribution is 2.24. The van der Waals surface area contributed by atoms with Gasteiger partial charge in [0.25, 0.3) is 0 Å². The van der Waals surface area contributed by atoms with Gasteiger partial charge in [-0.05, 0) is 24.6 Å². The van der Waals surface area contributed by atoms with Crippen molar-refractivity contribution in [3.8, 4) is 5.75 Å². The average Bonchev–Trinajstić information content (AvgIpc) is 2.78. The smallest absolute Gasteiger partial charge is 0.175 e. The number of H-pyrrole nitrogens is 1. The van der Waals surface area contributed by atoms with Crippen LogP contribution in [-0.2, 0) is 0 Å². The lowest BCUT2D eigenvalue weighted by molar-refractivity contribution is 0.102.